The molecule has 0 saturated heterocycles. The Balaban J connectivity index is 1.58. The molecule has 6 nitrogen and oxygen atoms in total. The molecule has 0 unspecified atom stereocenters. The van der Waals surface area contributed by atoms with Crippen molar-refractivity contribution in [2.45, 2.75) is 26.3 Å². The molecule has 0 fully saturated rings. The summed E-state index contributed by atoms with van der Waals surface area (Å²) in [6, 6.07) is 21.4. The number of nitrogens with zero attached hydrogens (tertiary/aromatic N) is 1. The van der Waals surface area contributed by atoms with Crippen molar-refractivity contribution in [3.05, 3.63) is 94.5 Å². The van der Waals surface area contributed by atoms with Crippen molar-refractivity contribution in [1.82, 2.24) is 5.32 Å². The first-order chi connectivity index (χ1) is 16.5. The Morgan fingerprint density at radius 1 is 0.971 bits per heavy atom. The van der Waals surface area contributed by atoms with Crippen molar-refractivity contribution in [2.75, 3.05) is 37.0 Å². The van der Waals surface area contributed by atoms with E-state index in [9.17, 15) is 9.59 Å². The molecule has 0 aromatic heterocycles. The average Bonchev–Trinajstić information content (AvgIpc) is 2.86. The molecule has 0 bridgehead atoms. The van der Waals surface area contributed by atoms with Gasteiger partial charge in [-0.05, 0) is 61.2 Å². The zero-order valence-electron chi connectivity index (χ0n) is 19.8. The van der Waals surface area contributed by atoms with Crippen molar-refractivity contribution < 1.29 is 14.3 Å². The number of carbonyl (C=O) groups excluding carboxylic acids is 2. The molecular formula is C28H31N3O3. The summed E-state index contributed by atoms with van der Waals surface area (Å²) in [7, 11) is 1.65. The van der Waals surface area contributed by atoms with E-state index in [1.807, 2.05) is 31.2 Å². The van der Waals surface area contributed by atoms with Crippen LogP contribution in [-0.2, 0) is 17.7 Å². The van der Waals surface area contributed by atoms with Crippen LogP contribution < -0.4 is 15.5 Å². The fourth-order valence-electron chi connectivity index (χ4n) is 4.19. The first-order valence-electron chi connectivity index (χ1n) is 11.7. The van der Waals surface area contributed by atoms with E-state index in [0.29, 0.717) is 30.0 Å². The number of nitrogens with one attached hydrogen (secondary N) is 2. The molecule has 0 saturated carbocycles. The summed E-state index contributed by atoms with van der Waals surface area (Å²) in [5.74, 6) is -0.359. The van der Waals surface area contributed by atoms with Gasteiger partial charge < -0.3 is 20.3 Å². The molecular weight excluding hydrogens is 426 g/mol. The van der Waals surface area contributed by atoms with E-state index in [4.69, 9.17) is 4.74 Å². The van der Waals surface area contributed by atoms with Crippen molar-refractivity contribution in [3.8, 4) is 0 Å². The predicted molar refractivity (Wildman–Crippen MR) is 136 cm³/mol. The minimum Gasteiger partial charge on any atom is -0.385 e. The third-order valence-electron chi connectivity index (χ3n) is 6.09. The molecule has 34 heavy (non-hydrogen) atoms. The van der Waals surface area contributed by atoms with Crippen molar-refractivity contribution >= 4 is 23.2 Å². The second-order valence-electron chi connectivity index (χ2n) is 8.59. The molecule has 2 amide bonds. The Hall–Kier alpha value is -3.64. The first-order valence-corrected chi connectivity index (χ1v) is 11.7. The molecule has 1 aliphatic heterocycles. The van der Waals surface area contributed by atoms with Gasteiger partial charge in [-0.2, -0.15) is 0 Å². The minimum atomic E-state index is -0.203. The minimum absolute atomic E-state index is 0.156. The molecule has 2 N–H and O–H groups in total. The number of methoxy groups -OCH3 is 1. The first kappa shape index (κ1) is 23.5. The van der Waals surface area contributed by atoms with Gasteiger partial charge in [0.15, 0.2) is 0 Å². The van der Waals surface area contributed by atoms with Gasteiger partial charge in [0.2, 0.25) is 0 Å². The van der Waals surface area contributed by atoms with E-state index in [1.54, 1.807) is 25.3 Å². The maximum atomic E-state index is 13.2. The van der Waals surface area contributed by atoms with Gasteiger partial charge in [-0.15, -0.1) is 0 Å². The number of amides is 2. The highest BCUT2D eigenvalue weighted by Gasteiger charge is 2.22. The summed E-state index contributed by atoms with van der Waals surface area (Å²) in [6.07, 6.45) is 1.66. The van der Waals surface area contributed by atoms with E-state index in [1.165, 1.54) is 11.1 Å². The van der Waals surface area contributed by atoms with Crippen molar-refractivity contribution in [3.63, 3.8) is 0 Å². The summed E-state index contributed by atoms with van der Waals surface area (Å²) >= 11 is 0. The van der Waals surface area contributed by atoms with Crippen LogP contribution in [0.4, 0.5) is 11.4 Å². The zero-order chi connectivity index (χ0) is 23.9. The standard InChI is InChI=1S/C28H31N3O3/c1-20-8-10-22(11-9-20)27(32)30-24-12-13-26(25(18-24)28(33)29-15-5-17-34-2)31-16-14-21-6-3-4-7-23(21)19-31/h3-4,6-13,18H,5,14-17,19H2,1-2H3,(H,29,33)(H,30,32). The molecule has 1 aliphatic rings. The van der Waals surface area contributed by atoms with Crippen LogP contribution in [0, 0.1) is 6.92 Å². The molecule has 176 valence electrons. The highest BCUT2D eigenvalue weighted by atomic mass is 16.5. The number of rotatable bonds is 8. The Bertz CT molecular complexity index is 1160. The van der Waals surface area contributed by atoms with Crippen LogP contribution >= 0.6 is 0 Å². The third-order valence-corrected chi connectivity index (χ3v) is 6.09. The second-order valence-corrected chi connectivity index (χ2v) is 8.59. The molecule has 1 heterocycles. The number of anilines is 2. The largest absolute Gasteiger partial charge is 0.385 e. The summed E-state index contributed by atoms with van der Waals surface area (Å²) in [5, 5.41) is 5.93. The van der Waals surface area contributed by atoms with Gasteiger partial charge in [-0.25, -0.2) is 0 Å². The van der Waals surface area contributed by atoms with Crippen molar-refractivity contribution in [1.29, 1.82) is 0 Å². The number of fused-ring (bicyclic) bond motifs is 1. The average molecular weight is 458 g/mol. The number of carbonyl (C=O) groups is 2. The van der Waals surface area contributed by atoms with Gasteiger partial charge in [0.05, 0.1) is 5.56 Å². The molecule has 3 aromatic rings. The SMILES string of the molecule is COCCCNC(=O)c1cc(NC(=O)c2ccc(C)cc2)ccc1N1CCc2ccccc2C1. The lowest BCUT2D eigenvalue weighted by atomic mass is 9.98. The van der Waals surface area contributed by atoms with Gasteiger partial charge in [0, 0.05) is 50.3 Å². The van der Waals surface area contributed by atoms with Gasteiger partial charge in [-0.3, -0.25) is 9.59 Å². The highest BCUT2D eigenvalue weighted by Crippen LogP contribution is 2.30. The van der Waals surface area contributed by atoms with Crippen molar-refractivity contribution in [2.24, 2.45) is 0 Å². The van der Waals surface area contributed by atoms with Gasteiger partial charge in [0.1, 0.15) is 0 Å². The van der Waals surface area contributed by atoms with E-state index >= 15 is 0 Å². The van der Waals surface area contributed by atoms with Gasteiger partial charge in [0.25, 0.3) is 11.8 Å². The Morgan fingerprint density at radius 3 is 2.50 bits per heavy atom. The number of hydrogen-bond donors (Lipinski definition) is 2. The molecule has 4 rings (SSSR count). The fraction of sp³-hybridized carbons (Fsp3) is 0.286. The molecule has 0 atom stereocenters. The summed E-state index contributed by atoms with van der Waals surface area (Å²) < 4.78 is 5.09. The summed E-state index contributed by atoms with van der Waals surface area (Å²) in [5.41, 5.74) is 6.31. The normalized spacial score (nSPS) is 12.7. The fourth-order valence-corrected chi connectivity index (χ4v) is 4.19. The number of ether oxygens (including phenoxy) is 1. The molecule has 0 radical (unpaired) electrons. The maximum Gasteiger partial charge on any atom is 0.255 e. The number of benzene rings is 3. The van der Waals surface area contributed by atoms with Crippen LogP contribution in [0.5, 0.6) is 0 Å². The lowest BCUT2D eigenvalue weighted by Crippen LogP contribution is -2.33. The predicted octanol–water partition coefficient (Wildman–Crippen LogP) is 4.58. The zero-order valence-corrected chi connectivity index (χ0v) is 19.8. The topological polar surface area (TPSA) is 70.7 Å². The Morgan fingerprint density at radius 2 is 1.74 bits per heavy atom. The molecule has 0 spiro atoms. The summed E-state index contributed by atoms with van der Waals surface area (Å²) in [4.78, 5) is 28.1. The van der Waals surface area contributed by atoms with Crippen LogP contribution in [0.1, 0.15) is 43.8 Å². The third kappa shape index (κ3) is 5.64. The van der Waals surface area contributed by atoms with E-state index in [0.717, 1.165) is 37.2 Å². The van der Waals surface area contributed by atoms with Gasteiger partial charge >= 0.3 is 0 Å². The van der Waals surface area contributed by atoms with Crippen LogP contribution in [0.15, 0.2) is 66.7 Å². The van der Waals surface area contributed by atoms with E-state index in [2.05, 4.69) is 39.8 Å². The Kier molecular flexibility index (Phi) is 7.60. The number of aryl methyl sites for hydroxylation is 1. The second kappa shape index (κ2) is 11.0. The van der Waals surface area contributed by atoms with Crippen LogP contribution in [0.3, 0.4) is 0 Å². The molecule has 6 heteroatoms. The smallest absolute Gasteiger partial charge is 0.255 e. The maximum absolute atomic E-state index is 13.2. The highest BCUT2D eigenvalue weighted by molar-refractivity contribution is 6.06. The molecule has 3 aromatic carbocycles. The monoisotopic (exact) mass is 457 g/mol. The van der Waals surface area contributed by atoms with E-state index < -0.39 is 0 Å². The Labute approximate surface area is 200 Å². The molecule has 0 aliphatic carbocycles. The van der Waals surface area contributed by atoms with Crippen LogP contribution in [-0.4, -0.2) is 38.6 Å². The van der Waals surface area contributed by atoms with Crippen LogP contribution in [0.2, 0.25) is 0 Å². The lowest BCUT2D eigenvalue weighted by Gasteiger charge is -2.32. The summed E-state index contributed by atoms with van der Waals surface area (Å²) in [6.45, 7) is 4.67. The quantitative estimate of drug-likeness (QED) is 0.486. The van der Waals surface area contributed by atoms with Gasteiger partial charge in [-0.1, -0.05) is 42.0 Å². The van der Waals surface area contributed by atoms with Crippen LogP contribution in [0.25, 0.3) is 0 Å². The number of hydrogen-bond acceptors (Lipinski definition) is 4. The van der Waals surface area contributed by atoms with E-state index in [-0.39, 0.29) is 11.8 Å². The lowest BCUT2D eigenvalue weighted by molar-refractivity contribution is 0.0947.